The second-order valence-corrected chi connectivity index (χ2v) is 4.50. The van der Waals surface area contributed by atoms with Crippen molar-refractivity contribution < 1.29 is 9.53 Å². The largest absolute Gasteiger partial charge is 0.378 e. The summed E-state index contributed by atoms with van der Waals surface area (Å²) < 4.78 is 7.04. The van der Waals surface area contributed by atoms with Crippen LogP contribution in [0, 0.1) is 6.92 Å². The van der Waals surface area contributed by atoms with E-state index in [0.717, 1.165) is 18.8 Å². The minimum Gasteiger partial charge on any atom is -0.378 e. The monoisotopic (exact) mass is 252 g/mol. The SMILES string of the molecule is CCn1nc(C)cc1C(=O)NC1CNC[C@@H]1OC. The van der Waals surface area contributed by atoms with Gasteiger partial charge in [0.25, 0.3) is 5.91 Å². The zero-order valence-corrected chi connectivity index (χ0v) is 11.1. The van der Waals surface area contributed by atoms with Crippen molar-refractivity contribution in [1.82, 2.24) is 20.4 Å². The molecular formula is C12H20N4O2. The molecule has 18 heavy (non-hydrogen) atoms. The van der Waals surface area contributed by atoms with E-state index in [1.807, 2.05) is 19.9 Å². The van der Waals surface area contributed by atoms with Gasteiger partial charge in [-0.2, -0.15) is 5.10 Å². The molecule has 0 saturated carbocycles. The standard InChI is InChI=1S/C12H20N4O2/c1-4-16-10(5-8(2)15-16)12(17)14-9-6-13-7-11(9)18-3/h5,9,11,13H,4,6-7H2,1-3H3,(H,14,17)/t9?,11-/m0/s1. The Labute approximate surface area is 107 Å². The molecule has 6 nitrogen and oxygen atoms in total. The second kappa shape index (κ2) is 5.49. The highest BCUT2D eigenvalue weighted by atomic mass is 16.5. The van der Waals surface area contributed by atoms with E-state index in [-0.39, 0.29) is 18.1 Å². The Bertz CT molecular complexity index is 430. The minimum absolute atomic E-state index is 0.0167. The molecule has 100 valence electrons. The van der Waals surface area contributed by atoms with Gasteiger partial charge < -0.3 is 15.4 Å². The molecule has 0 bridgehead atoms. The van der Waals surface area contributed by atoms with E-state index < -0.39 is 0 Å². The molecule has 1 aliphatic rings. The fourth-order valence-electron chi connectivity index (χ4n) is 2.26. The third-order valence-corrected chi connectivity index (χ3v) is 3.21. The maximum Gasteiger partial charge on any atom is 0.269 e. The average Bonchev–Trinajstić information content (AvgIpc) is 2.94. The van der Waals surface area contributed by atoms with Crippen LogP contribution in [0.25, 0.3) is 0 Å². The summed E-state index contributed by atoms with van der Waals surface area (Å²) in [4.78, 5) is 12.2. The van der Waals surface area contributed by atoms with Crippen molar-refractivity contribution in [2.75, 3.05) is 20.2 Å². The number of aryl methyl sites for hydroxylation is 2. The van der Waals surface area contributed by atoms with Crippen LogP contribution in [-0.4, -0.2) is 48.0 Å². The van der Waals surface area contributed by atoms with Crippen molar-refractivity contribution in [2.24, 2.45) is 0 Å². The maximum absolute atomic E-state index is 12.2. The van der Waals surface area contributed by atoms with Gasteiger partial charge in [-0.3, -0.25) is 9.48 Å². The number of hydrogen-bond donors (Lipinski definition) is 2. The summed E-state index contributed by atoms with van der Waals surface area (Å²) in [5.41, 5.74) is 1.46. The van der Waals surface area contributed by atoms with Crippen molar-refractivity contribution in [3.05, 3.63) is 17.5 Å². The van der Waals surface area contributed by atoms with Gasteiger partial charge in [-0.05, 0) is 19.9 Å². The molecule has 0 aliphatic carbocycles. The predicted molar refractivity (Wildman–Crippen MR) is 67.6 cm³/mol. The van der Waals surface area contributed by atoms with Gasteiger partial charge in [-0.25, -0.2) is 0 Å². The van der Waals surface area contributed by atoms with E-state index in [1.54, 1.807) is 11.8 Å². The third-order valence-electron chi connectivity index (χ3n) is 3.21. The van der Waals surface area contributed by atoms with E-state index >= 15 is 0 Å². The predicted octanol–water partition coefficient (Wildman–Crippen LogP) is -0.0720. The number of ether oxygens (including phenoxy) is 1. The van der Waals surface area contributed by atoms with Crippen molar-refractivity contribution in [3.63, 3.8) is 0 Å². The number of rotatable bonds is 4. The highest BCUT2D eigenvalue weighted by Crippen LogP contribution is 2.08. The van der Waals surface area contributed by atoms with E-state index in [2.05, 4.69) is 15.7 Å². The second-order valence-electron chi connectivity index (χ2n) is 4.50. The summed E-state index contributed by atoms with van der Waals surface area (Å²) >= 11 is 0. The van der Waals surface area contributed by atoms with Gasteiger partial charge in [0, 0.05) is 26.7 Å². The number of amides is 1. The summed E-state index contributed by atoms with van der Waals surface area (Å²) in [6.45, 7) is 6.06. The normalized spacial score (nSPS) is 23.3. The first-order chi connectivity index (χ1) is 8.65. The lowest BCUT2D eigenvalue weighted by Gasteiger charge is -2.18. The lowest BCUT2D eigenvalue weighted by atomic mass is 10.2. The van der Waals surface area contributed by atoms with Crippen LogP contribution in [0.2, 0.25) is 0 Å². The van der Waals surface area contributed by atoms with E-state index in [9.17, 15) is 4.79 Å². The lowest BCUT2D eigenvalue weighted by Crippen LogP contribution is -2.44. The van der Waals surface area contributed by atoms with Crippen LogP contribution in [0.4, 0.5) is 0 Å². The summed E-state index contributed by atoms with van der Waals surface area (Å²) in [5, 5.41) is 10.5. The molecule has 1 unspecified atom stereocenters. The lowest BCUT2D eigenvalue weighted by molar-refractivity contribution is 0.0772. The van der Waals surface area contributed by atoms with Gasteiger partial charge in [-0.1, -0.05) is 0 Å². The number of aromatic nitrogens is 2. The number of carbonyl (C=O) groups is 1. The van der Waals surface area contributed by atoms with E-state index in [0.29, 0.717) is 12.2 Å². The molecule has 1 aliphatic heterocycles. The Balaban J connectivity index is 2.07. The Hall–Kier alpha value is -1.40. The fraction of sp³-hybridized carbons (Fsp3) is 0.667. The van der Waals surface area contributed by atoms with Gasteiger partial charge in [0.2, 0.25) is 0 Å². The quantitative estimate of drug-likeness (QED) is 0.787. The Morgan fingerprint density at radius 2 is 2.44 bits per heavy atom. The third kappa shape index (κ3) is 2.54. The Morgan fingerprint density at radius 1 is 1.67 bits per heavy atom. The van der Waals surface area contributed by atoms with E-state index in [1.165, 1.54) is 0 Å². The first kappa shape index (κ1) is 13.0. The van der Waals surface area contributed by atoms with Crippen LogP contribution in [0.3, 0.4) is 0 Å². The highest BCUT2D eigenvalue weighted by molar-refractivity contribution is 5.93. The summed E-state index contributed by atoms with van der Waals surface area (Å²) in [7, 11) is 1.66. The maximum atomic E-state index is 12.2. The molecule has 2 rings (SSSR count). The molecule has 1 saturated heterocycles. The van der Waals surface area contributed by atoms with Crippen LogP contribution < -0.4 is 10.6 Å². The van der Waals surface area contributed by atoms with Crippen LogP contribution in [0.15, 0.2) is 6.07 Å². The molecule has 0 aromatic carbocycles. The van der Waals surface area contributed by atoms with Crippen molar-refractivity contribution in [3.8, 4) is 0 Å². The fourth-order valence-corrected chi connectivity index (χ4v) is 2.26. The molecule has 2 heterocycles. The molecule has 1 aromatic heterocycles. The summed E-state index contributed by atoms with van der Waals surface area (Å²) in [6, 6.07) is 1.83. The molecule has 1 fully saturated rings. The van der Waals surface area contributed by atoms with Gasteiger partial charge in [0.15, 0.2) is 0 Å². The van der Waals surface area contributed by atoms with Gasteiger partial charge in [0.1, 0.15) is 5.69 Å². The van der Waals surface area contributed by atoms with E-state index in [4.69, 9.17) is 4.74 Å². The molecule has 0 radical (unpaired) electrons. The van der Waals surface area contributed by atoms with Gasteiger partial charge >= 0.3 is 0 Å². The van der Waals surface area contributed by atoms with Crippen LogP contribution in [-0.2, 0) is 11.3 Å². The highest BCUT2D eigenvalue weighted by Gasteiger charge is 2.29. The Morgan fingerprint density at radius 3 is 3.11 bits per heavy atom. The van der Waals surface area contributed by atoms with Gasteiger partial charge in [0.05, 0.1) is 17.8 Å². The average molecular weight is 252 g/mol. The molecule has 6 heteroatoms. The van der Waals surface area contributed by atoms with Gasteiger partial charge in [-0.15, -0.1) is 0 Å². The number of nitrogens with one attached hydrogen (secondary N) is 2. The number of methoxy groups -OCH3 is 1. The first-order valence-electron chi connectivity index (χ1n) is 6.24. The Kier molecular flexibility index (Phi) is 3.98. The zero-order valence-electron chi connectivity index (χ0n) is 11.1. The topological polar surface area (TPSA) is 68.2 Å². The number of nitrogens with zero attached hydrogens (tertiary/aromatic N) is 2. The number of carbonyl (C=O) groups excluding carboxylic acids is 1. The van der Waals surface area contributed by atoms with Crippen LogP contribution >= 0.6 is 0 Å². The van der Waals surface area contributed by atoms with Crippen molar-refractivity contribution >= 4 is 5.91 Å². The molecule has 0 spiro atoms. The van der Waals surface area contributed by atoms with Crippen molar-refractivity contribution in [2.45, 2.75) is 32.5 Å². The van der Waals surface area contributed by atoms with Crippen LogP contribution in [0.1, 0.15) is 23.1 Å². The minimum atomic E-state index is -0.0896. The molecule has 1 amide bonds. The van der Waals surface area contributed by atoms with Crippen molar-refractivity contribution in [1.29, 1.82) is 0 Å². The zero-order chi connectivity index (χ0) is 13.1. The summed E-state index contributed by atoms with van der Waals surface area (Å²) in [6.07, 6.45) is 0.0352. The molecule has 1 aromatic rings. The first-order valence-corrected chi connectivity index (χ1v) is 6.24. The van der Waals surface area contributed by atoms with Crippen LogP contribution in [0.5, 0.6) is 0 Å². The molecule has 2 atom stereocenters. The molecule has 2 N–H and O–H groups in total. The number of hydrogen-bond acceptors (Lipinski definition) is 4. The molecular weight excluding hydrogens is 232 g/mol. The summed E-state index contributed by atoms with van der Waals surface area (Å²) in [5.74, 6) is -0.0896. The smallest absolute Gasteiger partial charge is 0.269 e.